The molecule has 0 radical (unpaired) electrons. The Bertz CT molecular complexity index is 1020. The Balaban J connectivity index is 2.05. The van der Waals surface area contributed by atoms with Gasteiger partial charge in [-0.05, 0) is 56.4 Å². The van der Waals surface area contributed by atoms with E-state index in [2.05, 4.69) is 0 Å². The molecule has 6 nitrogen and oxygen atoms in total. The molecule has 1 aliphatic rings. The smallest absolute Gasteiger partial charge is 0.410 e. The van der Waals surface area contributed by atoms with Crippen molar-refractivity contribution in [3.05, 3.63) is 59.4 Å². The van der Waals surface area contributed by atoms with Crippen LogP contribution in [0.4, 0.5) is 9.18 Å². The predicted octanol–water partition coefficient (Wildman–Crippen LogP) is 4.86. The number of nitrogens with zero attached hydrogens (tertiary/aromatic N) is 1. The molecule has 1 heterocycles. The number of halogens is 1. The van der Waals surface area contributed by atoms with Crippen molar-refractivity contribution in [2.75, 3.05) is 19.7 Å². The summed E-state index contributed by atoms with van der Waals surface area (Å²) in [7, 11) is 0. The minimum atomic E-state index is -1.71. The number of benzene rings is 2. The van der Waals surface area contributed by atoms with Crippen LogP contribution < -0.4 is 0 Å². The van der Waals surface area contributed by atoms with Gasteiger partial charge in [0.15, 0.2) is 0 Å². The van der Waals surface area contributed by atoms with Crippen molar-refractivity contribution in [2.24, 2.45) is 0 Å². The lowest BCUT2D eigenvalue weighted by Crippen LogP contribution is -2.55. The minimum Gasteiger partial charge on any atom is -0.444 e. The molecule has 0 aliphatic carbocycles. The van der Waals surface area contributed by atoms with Gasteiger partial charge in [-0.2, -0.15) is 0 Å². The van der Waals surface area contributed by atoms with Crippen LogP contribution in [-0.2, 0) is 26.3 Å². The molecule has 0 aromatic heterocycles. The standard InChI is InChI=1S/C27H34FNO5/c1-5-19-9-6-10-20(17-19)24-21(11-7-12-22(24)28)27(32,13-8-15-30)23-18-29(14-16-33-23)25(31)34-26(2,3)4/h6-7,9-12,15,17,23,32H,5,8,13-14,16,18H2,1-4H3. The molecule has 2 aromatic carbocycles. The van der Waals surface area contributed by atoms with Gasteiger partial charge in [-0.15, -0.1) is 0 Å². The summed E-state index contributed by atoms with van der Waals surface area (Å²) in [5, 5.41) is 12.0. The highest BCUT2D eigenvalue weighted by Gasteiger charge is 2.44. The van der Waals surface area contributed by atoms with Gasteiger partial charge in [0.1, 0.15) is 29.4 Å². The Morgan fingerprint density at radius 2 is 2.00 bits per heavy atom. The quantitative estimate of drug-likeness (QED) is 0.584. The second-order valence-electron chi connectivity index (χ2n) is 9.63. The lowest BCUT2D eigenvalue weighted by molar-refractivity contribution is -0.151. The van der Waals surface area contributed by atoms with Crippen molar-refractivity contribution in [2.45, 2.75) is 64.3 Å². The third-order valence-corrected chi connectivity index (χ3v) is 6.00. The number of aliphatic hydroxyl groups is 1. The highest BCUT2D eigenvalue weighted by atomic mass is 19.1. The van der Waals surface area contributed by atoms with Crippen molar-refractivity contribution in [1.29, 1.82) is 0 Å². The van der Waals surface area contributed by atoms with Crippen molar-refractivity contribution in [3.8, 4) is 11.1 Å². The number of hydrogen-bond donors (Lipinski definition) is 1. The minimum absolute atomic E-state index is 0.0211. The molecule has 2 aromatic rings. The third-order valence-electron chi connectivity index (χ3n) is 6.00. The van der Waals surface area contributed by atoms with Gasteiger partial charge >= 0.3 is 6.09 Å². The molecule has 1 N–H and O–H groups in total. The number of morpholine rings is 1. The molecular weight excluding hydrogens is 437 g/mol. The lowest BCUT2D eigenvalue weighted by Gasteiger charge is -2.43. The summed E-state index contributed by atoms with van der Waals surface area (Å²) in [5.41, 5.74) is -0.104. The van der Waals surface area contributed by atoms with Crippen molar-refractivity contribution < 1.29 is 28.6 Å². The maximum atomic E-state index is 15.3. The van der Waals surface area contributed by atoms with E-state index >= 15 is 4.39 Å². The molecule has 0 saturated carbocycles. The normalized spacial score (nSPS) is 18.3. The maximum absolute atomic E-state index is 15.3. The number of hydrogen-bond acceptors (Lipinski definition) is 5. The van der Waals surface area contributed by atoms with E-state index in [1.54, 1.807) is 32.9 Å². The molecule has 3 rings (SSSR count). The van der Waals surface area contributed by atoms with Crippen LogP contribution in [0.1, 0.15) is 51.7 Å². The number of amides is 1. The fourth-order valence-electron chi connectivity index (χ4n) is 4.30. The van der Waals surface area contributed by atoms with E-state index in [-0.39, 0.29) is 31.6 Å². The number of ether oxygens (including phenoxy) is 2. The van der Waals surface area contributed by atoms with E-state index in [1.165, 1.54) is 17.0 Å². The number of aryl methyl sites for hydroxylation is 1. The second kappa shape index (κ2) is 10.7. The van der Waals surface area contributed by atoms with Crippen LogP contribution in [0, 0.1) is 5.82 Å². The van der Waals surface area contributed by atoms with E-state index in [1.807, 2.05) is 25.1 Å². The Labute approximate surface area is 200 Å². The van der Waals surface area contributed by atoms with Gasteiger partial charge in [0.25, 0.3) is 0 Å². The number of carbonyl (C=O) groups excluding carboxylic acids is 2. The second-order valence-corrected chi connectivity index (χ2v) is 9.63. The molecule has 2 atom stereocenters. The monoisotopic (exact) mass is 471 g/mol. The third kappa shape index (κ3) is 5.83. The first kappa shape index (κ1) is 25.8. The lowest BCUT2D eigenvalue weighted by atomic mass is 9.79. The summed E-state index contributed by atoms with van der Waals surface area (Å²) in [5.74, 6) is -0.477. The molecule has 184 valence electrons. The van der Waals surface area contributed by atoms with Gasteiger partial charge in [-0.3, -0.25) is 0 Å². The van der Waals surface area contributed by atoms with Crippen molar-refractivity contribution >= 4 is 12.4 Å². The highest BCUT2D eigenvalue weighted by Crippen LogP contribution is 2.41. The van der Waals surface area contributed by atoms with Crippen LogP contribution >= 0.6 is 0 Å². The summed E-state index contributed by atoms with van der Waals surface area (Å²) in [6, 6.07) is 12.1. The van der Waals surface area contributed by atoms with Gasteiger partial charge in [0.05, 0.1) is 13.2 Å². The molecule has 1 amide bonds. The maximum Gasteiger partial charge on any atom is 0.410 e. The number of carbonyl (C=O) groups is 2. The number of aldehydes is 1. The van der Waals surface area contributed by atoms with E-state index in [4.69, 9.17) is 9.47 Å². The molecule has 1 fully saturated rings. The predicted molar refractivity (Wildman–Crippen MR) is 128 cm³/mol. The Morgan fingerprint density at radius 3 is 2.68 bits per heavy atom. The zero-order valence-electron chi connectivity index (χ0n) is 20.3. The van der Waals surface area contributed by atoms with Crippen LogP contribution in [-0.4, -0.2) is 53.8 Å². The van der Waals surface area contributed by atoms with E-state index in [9.17, 15) is 14.7 Å². The Morgan fingerprint density at radius 1 is 1.26 bits per heavy atom. The Hall–Kier alpha value is -2.77. The van der Waals surface area contributed by atoms with Crippen LogP contribution in [0.5, 0.6) is 0 Å². The molecule has 7 heteroatoms. The number of rotatable bonds is 7. The van der Waals surface area contributed by atoms with Crippen LogP contribution in [0.25, 0.3) is 11.1 Å². The molecule has 34 heavy (non-hydrogen) atoms. The first-order chi connectivity index (χ1) is 16.1. The van der Waals surface area contributed by atoms with E-state index < -0.39 is 29.2 Å². The fraction of sp³-hybridized carbons (Fsp3) is 0.481. The van der Waals surface area contributed by atoms with Crippen molar-refractivity contribution in [1.82, 2.24) is 4.90 Å². The summed E-state index contributed by atoms with van der Waals surface area (Å²) < 4.78 is 26.7. The summed E-state index contributed by atoms with van der Waals surface area (Å²) in [6.45, 7) is 7.91. The molecule has 0 bridgehead atoms. The largest absolute Gasteiger partial charge is 0.444 e. The van der Waals surface area contributed by atoms with Gasteiger partial charge in [-0.1, -0.05) is 43.3 Å². The van der Waals surface area contributed by atoms with Gasteiger partial charge in [0, 0.05) is 18.5 Å². The molecular formula is C27H34FNO5. The topological polar surface area (TPSA) is 76.1 Å². The molecule has 0 spiro atoms. The highest BCUT2D eigenvalue weighted by molar-refractivity contribution is 5.71. The van der Waals surface area contributed by atoms with Gasteiger partial charge < -0.3 is 24.3 Å². The molecule has 1 saturated heterocycles. The van der Waals surface area contributed by atoms with Gasteiger partial charge in [0.2, 0.25) is 0 Å². The van der Waals surface area contributed by atoms with Crippen LogP contribution in [0.15, 0.2) is 42.5 Å². The first-order valence-corrected chi connectivity index (χ1v) is 11.7. The van der Waals surface area contributed by atoms with Crippen LogP contribution in [0.2, 0.25) is 0 Å². The summed E-state index contributed by atoms with van der Waals surface area (Å²) in [4.78, 5) is 25.5. The molecule has 1 aliphatic heterocycles. The average molecular weight is 472 g/mol. The van der Waals surface area contributed by atoms with Crippen LogP contribution in [0.3, 0.4) is 0 Å². The summed E-state index contributed by atoms with van der Waals surface area (Å²) in [6.07, 6.45) is 0.193. The zero-order chi connectivity index (χ0) is 24.9. The Kier molecular flexibility index (Phi) is 8.10. The average Bonchev–Trinajstić information content (AvgIpc) is 2.81. The van der Waals surface area contributed by atoms with E-state index in [0.29, 0.717) is 17.7 Å². The van der Waals surface area contributed by atoms with E-state index in [0.717, 1.165) is 18.3 Å². The van der Waals surface area contributed by atoms with Crippen molar-refractivity contribution in [3.63, 3.8) is 0 Å². The van der Waals surface area contributed by atoms with Gasteiger partial charge in [-0.25, -0.2) is 9.18 Å². The molecule has 2 unspecified atom stereocenters. The fourth-order valence-corrected chi connectivity index (χ4v) is 4.30. The first-order valence-electron chi connectivity index (χ1n) is 11.7. The zero-order valence-corrected chi connectivity index (χ0v) is 20.3. The SMILES string of the molecule is CCc1cccc(-c2c(F)cccc2C(O)(CCC=O)C2CN(C(=O)OC(C)(C)C)CCO2)c1. The summed E-state index contributed by atoms with van der Waals surface area (Å²) >= 11 is 0.